The summed E-state index contributed by atoms with van der Waals surface area (Å²) in [6, 6.07) is 2.75. The van der Waals surface area contributed by atoms with Gasteiger partial charge in [-0.25, -0.2) is 32.3 Å². The van der Waals surface area contributed by atoms with Gasteiger partial charge in [-0.05, 0) is 46.1 Å². The highest BCUT2D eigenvalue weighted by molar-refractivity contribution is 7.90. The molecular weight excluding hydrogens is 664 g/mol. The lowest BCUT2D eigenvalue weighted by Crippen LogP contribution is -2.50. The Morgan fingerprint density at radius 1 is 1.07 bits per heavy atom. The molecule has 2 fully saturated rings. The third-order valence-electron chi connectivity index (χ3n) is 7.52. The van der Waals surface area contributed by atoms with Gasteiger partial charge in [-0.15, -0.1) is 0 Å². The van der Waals surface area contributed by atoms with E-state index in [0.717, 1.165) is 19.1 Å². The number of anilines is 1. The molecule has 3 aromatic heterocycles. The number of piperazine rings is 1. The summed E-state index contributed by atoms with van der Waals surface area (Å²) in [6.45, 7) is 7.13. The summed E-state index contributed by atoms with van der Waals surface area (Å²) in [7, 11) is -3.92. The second kappa shape index (κ2) is 12.2. The number of nitrogens with zero attached hydrogens (tertiary/aromatic N) is 7. The molecule has 246 valence electrons. The van der Waals surface area contributed by atoms with Crippen LogP contribution in [0.4, 0.5) is 15.0 Å². The van der Waals surface area contributed by atoms with Crippen LogP contribution in [0.15, 0.2) is 23.5 Å². The van der Waals surface area contributed by atoms with Crippen molar-refractivity contribution in [1.29, 1.82) is 0 Å². The topological polar surface area (TPSA) is 142 Å². The zero-order valence-electron chi connectivity index (χ0n) is 25.6. The van der Waals surface area contributed by atoms with Crippen LogP contribution in [-0.4, -0.2) is 88.8 Å². The summed E-state index contributed by atoms with van der Waals surface area (Å²) in [4.78, 5) is 29.0. The Morgan fingerprint density at radius 3 is 2.46 bits per heavy atom. The van der Waals surface area contributed by atoms with Crippen molar-refractivity contribution in [2.75, 3.05) is 43.9 Å². The molecule has 0 radical (unpaired) electrons. The normalized spacial score (nSPS) is 17.9. The molecule has 0 saturated carbocycles. The quantitative estimate of drug-likeness (QED) is 0.185. The fourth-order valence-corrected chi connectivity index (χ4v) is 6.27. The lowest BCUT2D eigenvalue weighted by Gasteiger charge is -2.36. The standard InChI is InChI=1S/C29H32Cl2FN7O6S/c1-29(2,3)45-28(40)38-10-8-37(9-11-38)25-16-13-20(30)34-26(23(16)35-27(36-25)46(4,41)42)44-24-17-15-33-39(21-7-5-6-12-43-21)19(17)14-18(32)22(24)31/h13-15,21H,5-12H2,1-4H3. The van der Waals surface area contributed by atoms with Gasteiger partial charge in [0.2, 0.25) is 20.9 Å². The number of rotatable bonds is 5. The van der Waals surface area contributed by atoms with Crippen molar-refractivity contribution >= 4 is 66.8 Å². The molecule has 1 aromatic carbocycles. The number of carbonyl (C=O) groups excluding carboxylic acids is 1. The second-order valence-electron chi connectivity index (χ2n) is 12.1. The third kappa shape index (κ3) is 6.50. The predicted molar refractivity (Wildman–Crippen MR) is 169 cm³/mol. The number of carbonyl (C=O) groups is 1. The molecule has 0 N–H and O–H groups in total. The highest BCUT2D eigenvalue weighted by Crippen LogP contribution is 2.42. The fourth-order valence-electron chi connectivity index (χ4n) is 5.38. The Morgan fingerprint density at radius 2 is 1.80 bits per heavy atom. The van der Waals surface area contributed by atoms with Gasteiger partial charge < -0.3 is 24.0 Å². The molecular formula is C29H32Cl2FN7O6S. The van der Waals surface area contributed by atoms with Crippen molar-refractivity contribution < 1.29 is 31.8 Å². The number of hydrogen-bond donors (Lipinski definition) is 0. The molecule has 4 aromatic rings. The molecule has 1 atom stereocenters. The van der Waals surface area contributed by atoms with Crippen molar-refractivity contribution in [3.8, 4) is 11.6 Å². The smallest absolute Gasteiger partial charge is 0.410 e. The number of halogens is 3. The first-order valence-electron chi connectivity index (χ1n) is 14.7. The largest absolute Gasteiger partial charge is 0.444 e. The molecule has 0 aliphatic carbocycles. The molecule has 6 rings (SSSR count). The molecule has 5 heterocycles. The first-order valence-corrected chi connectivity index (χ1v) is 17.3. The van der Waals surface area contributed by atoms with Gasteiger partial charge in [0.15, 0.2) is 12.0 Å². The molecule has 46 heavy (non-hydrogen) atoms. The van der Waals surface area contributed by atoms with E-state index in [9.17, 15) is 13.2 Å². The average Bonchev–Trinajstić information content (AvgIpc) is 3.41. The second-order valence-corrected chi connectivity index (χ2v) is 14.8. The van der Waals surface area contributed by atoms with E-state index in [1.54, 1.807) is 30.4 Å². The Balaban J connectivity index is 1.42. The maximum atomic E-state index is 15.2. The highest BCUT2D eigenvalue weighted by Gasteiger charge is 2.30. The molecule has 2 aliphatic heterocycles. The van der Waals surface area contributed by atoms with Crippen molar-refractivity contribution in [2.45, 2.75) is 57.0 Å². The van der Waals surface area contributed by atoms with Crippen LogP contribution in [0.3, 0.4) is 0 Å². The van der Waals surface area contributed by atoms with Crippen molar-refractivity contribution in [3.63, 3.8) is 0 Å². The van der Waals surface area contributed by atoms with E-state index in [2.05, 4.69) is 20.1 Å². The lowest BCUT2D eigenvalue weighted by atomic mass is 10.2. The van der Waals surface area contributed by atoms with E-state index in [1.165, 1.54) is 18.3 Å². The minimum Gasteiger partial charge on any atom is -0.444 e. The van der Waals surface area contributed by atoms with Gasteiger partial charge in [0.25, 0.3) is 0 Å². The van der Waals surface area contributed by atoms with Crippen LogP contribution in [0.5, 0.6) is 11.6 Å². The van der Waals surface area contributed by atoms with Crippen LogP contribution in [0, 0.1) is 5.82 Å². The number of benzene rings is 1. The fraction of sp³-hybridized carbons (Fsp3) is 0.483. The van der Waals surface area contributed by atoms with Gasteiger partial charge in [-0.2, -0.15) is 10.1 Å². The maximum absolute atomic E-state index is 15.2. The van der Waals surface area contributed by atoms with Crippen LogP contribution < -0.4 is 9.64 Å². The zero-order chi connectivity index (χ0) is 33.0. The number of ether oxygens (including phenoxy) is 3. The third-order valence-corrected chi connectivity index (χ3v) is 8.91. The highest BCUT2D eigenvalue weighted by atomic mass is 35.5. The van der Waals surface area contributed by atoms with Crippen LogP contribution in [0.2, 0.25) is 10.2 Å². The van der Waals surface area contributed by atoms with E-state index in [-0.39, 0.29) is 39.4 Å². The van der Waals surface area contributed by atoms with Gasteiger partial charge in [-0.3, -0.25) is 0 Å². The Bertz CT molecular complexity index is 1940. The molecule has 2 aliphatic rings. The number of pyridine rings is 1. The SMILES string of the molecule is CC(C)(C)OC(=O)N1CCN(c2nc(S(C)(=O)=O)nc3c(Oc4c(Cl)c(F)cc5c4cnn5C4CCCCO4)nc(Cl)cc23)CC1. The maximum Gasteiger partial charge on any atom is 0.410 e. The van der Waals surface area contributed by atoms with Crippen LogP contribution in [-0.2, 0) is 19.3 Å². The molecule has 1 amide bonds. The van der Waals surface area contributed by atoms with Crippen LogP contribution >= 0.6 is 23.2 Å². The average molecular weight is 697 g/mol. The van der Waals surface area contributed by atoms with Gasteiger partial charge in [0.1, 0.15) is 32.9 Å². The van der Waals surface area contributed by atoms with Gasteiger partial charge in [0.05, 0.1) is 22.5 Å². The monoisotopic (exact) mass is 695 g/mol. The first kappa shape index (κ1) is 32.4. The minimum absolute atomic E-state index is 0.0121. The van der Waals surface area contributed by atoms with E-state index < -0.39 is 32.5 Å². The van der Waals surface area contributed by atoms with E-state index in [1.807, 2.05) is 4.90 Å². The zero-order valence-corrected chi connectivity index (χ0v) is 27.9. The summed E-state index contributed by atoms with van der Waals surface area (Å²) in [5.41, 5.74) is -0.244. The molecule has 17 heteroatoms. The first-order chi connectivity index (χ1) is 21.7. The molecule has 2 saturated heterocycles. The number of sulfone groups is 1. The van der Waals surface area contributed by atoms with E-state index in [0.29, 0.717) is 55.5 Å². The summed E-state index contributed by atoms with van der Waals surface area (Å²) >= 11 is 12.9. The number of aromatic nitrogens is 5. The van der Waals surface area contributed by atoms with Crippen LogP contribution in [0.1, 0.15) is 46.3 Å². The van der Waals surface area contributed by atoms with Crippen molar-refractivity contribution in [2.24, 2.45) is 0 Å². The lowest BCUT2D eigenvalue weighted by molar-refractivity contribution is -0.0367. The Kier molecular flexibility index (Phi) is 8.63. The summed E-state index contributed by atoms with van der Waals surface area (Å²) in [5.74, 6) is -0.815. The summed E-state index contributed by atoms with van der Waals surface area (Å²) in [5, 5.41) is 4.33. The Labute approximate surface area is 274 Å². The predicted octanol–water partition coefficient (Wildman–Crippen LogP) is 5.77. The van der Waals surface area contributed by atoms with Gasteiger partial charge in [0, 0.05) is 45.1 Å². The summed E-state index contributed by atoms with van der Waals surface area (Å²) in [6.07, 6.45) is 4.22. The molecule has 0 bridgehead atoms. The number of amides is 1. The Hall–Kier alpha value is -3.53. The van der Waals surface area contributed by atoms with Crippen molar-refractivity contribution in [3.05, 3.63) is 34.3 Å². The number of fused-ring (bicyclic) bond motifs is 2. The van der Waals surface area contributed by atoms with Crippen molar-refractivity contribution in [1.82, 2.24) is 29.6 Å². The number of hydrogen-bond acceptors (Lipinski definition) is 11. The van der Waals surface area contributed by atoms with Gasteiger partial charge in [-0.1, -0.05) is 23.2 Å². The van der Waals surface area contributed by atoms with Crippen LogP contribution in [0.25, 0.3) is 21.8 Å². The minimum atomic E-state index is -3.92. The molecule has 13 nitrogen and oxygen atoms in total. The van der Waals surface area contributed by atoms with E-state index in [4.69, 9.17) is 37.4 Å². The molecule has 1 unspecified atom stereocenters. The molecule has 0 spiro atoms. The van der Waals surface area contributed by atoms with Gasteiger partial charge >= 0.3 is 6.09 Å². The van der Waals surface area contributed by atoms with E-state index >= 15 is 4.39 Å². The summed E-state index contributed by atoms with van der Waals surface area (Å²) < 4.78 is 59.9.